The van der Waals surface area contributed by atoms with E-state index >= 15 is 0 Å². The third kappa shape index (κ3) is 68.4. The van der Waals surface area contributed by atoms with Crippen LogP contribution in [0.25, 0.3) is 0 Å². The van der Waals surface area contributed by atoms with E-state index in [1.165, 1.54) is 199 Å². The lowest BCUT2D eigenvalue weighted by atomic mass is 10.0. The molecule has 0 saturated carbocycles. The number of esters is 4. The van der Waals surface area contributed by atoms with Crippen molar-refractivity contribution in [2.75, 3.05) is 39.6 Å². The molecular weight excluding hydrogens is 1220 g/mol. The van der Waals surface area contributed by atoms with Crippen molar-refractivity contribution < 1.29 is 80.2 Å². The molecule has 0 heterocycles. The van der Waals surface area contributed by atoms with Gasteiger partial charge in [-0.3, -0.25) is 37.3 Å². The molecule has 552 valence electrons. The van der Waals surface area contributed by atoms with E-state index in [1.807, 2.05) is 0 Å². The molecule has 0 aromatic carbocycles. The number of carbonyl (C=O) groups excluding carboxylic acids is 4. The molecule has 0 amide bonds. The molecule has 2 unspecified atom stereocenters. The molecule has 0 rings (SSSR count). The van der Waals surface area contributed by atoms with E-state index in [4.69, 9.17) is 37.0 Å². The van der Waals surface area contributed by atoms with Gasteiger partial charge in [0, 0.05) is 25.7 Å². The highest BCUT2D eigenvalue weighted by Gasteiger charge is 2.30. The molecule has 5 atom stereocenters. The van der Waals surface area contributed by atoms with E-state index in [0.717, 1.165) is 102 Å². The van der Waals surface area contributed by atoms with Gasteiger partial charge in [-0.1, -0.05) is 330 Å². The third-order valence-electron chi connectivity index (χ3n) is 17.2. The maximum Gasteiger partial charge on any atom is 0.472 e. The second-order valence-electron chi connectivity index (χ2n) is 27.6. The first-order valence-corrected chi connectivity index (χ1v) is 41.5. The summed E-state index contributed by atoms with van der Waals surface area (Å²) in [6.45, 7) is 9.58. The quantitative estimate of drug-likeness (QED) is 0.0222. The lowest BCUT2D eigenvalue weighted by molar-refractivity contribution is -0.161. The fourth-order valence-corrected chi connectivity index (χ4v) is 12.9. The summed E-state index contributed by atoms with van der Waals surface area (Å²) in [7, 11) is -9.91. The topological polar surface area (TPSA) is 237 Å². The molecule has 3 N–H and O–H groups in total. The SMILES string of the molecule is CCCCCCCCCCCCCCCCCC(=O)OC[C@H](COP(=O)(O)OC[C@@H](O)COP(=O)(O)OC[C@@H](COC(=O)CCCCCCCCCCCC)OC(=O)CCCCCCCCCCCCC(C)C)OC(=O)CCCCCCCCCCCCCCC(C)C. The van der Waals surface area contributed by atoms with Crippen molar-refractivity contribution in [1.82, 2.24) is 0 Å². The molecule has 0 aliphatic carbocycles. The monoisotopic (exact) mass is 1370 g/mol. The van der Waals surface area contributed by atoms with Crippen LogP contribution in [0.1, 0.15) is 382 Å². The average molecular weight is 1370 g/mol. The van der Waals surface area contributed by atoms with Gasteiger partial charge in [0.1, 0.15) is 19.3 Å². The van der Waals surface area contributed by atoms with Crippen molar-refractivity contribution in [2.45, 2.75) is 400 Å². The highest BCUT2D eigenvalue weighted by atomic mass is 31.2. The fraction of sp³-hybridized carbons (Fsp3) is 0.946. The maximum absolute atomic E-state index is 13.1. The number of unbranched alkanes of at least 4 members (excludes halogenated alkanes) is 43. The lowest BCUT2D eigenvalue weighted by Gasteiger charge is -2.21. The summed E-state index contributed by atoms with van der Waals surface area (Å²) < 4.78 is 68.5. The number of hydrogen-bond acceptors (Lipinski definition) is 15. The van der Waals surface area contributed by atoms with Gasteiger partial charge in [-0.05, 0) is 37.5 Å². The van der Waals surface area contributed by atoms with E-state index in [-0.39, 0.29) is 25.7 Å². The highest BCUT2D eigenvalue weighted by molar-refractivity contribution is 7.47. The van der Waals surface area contributed by atoms with Crippen LogP contribution in [0.3, 0.4) is 0 Å². The van der Waals surface area contributed by atoms with Crippen LogP contribution in [0.5, 0.6) is 0 Å². The maximum atomic E-state index is 13.1. The zero-order valence-corrected chi connectivity index (χ0v) is 62.3. The molecule has 19 heteroatoms. The number of carbonyl (C=O) groups is 4. The summed E-state index contributed by atoms with van der Waals surface area (Å²) in [5, 5.41) is 10.6. The smallest absolute Gasteiger partial charge is 0.462 e. The first-order chi connectivity index (χ1) is 44.9. The molecule has 0 aromatic heterocycles. The van der Waals surface area contributed by atoms with E-state index < -0.39 is 97.5 Å². The number of aliphatic hydroxyl groups is 1. The minimum atomic E-state index is -4.96. The number of aliphatic hydroxyl groups excluding tert-OH is 1. The van der Waals surface area contributed by atoms with Gasteiger partial charge in [0.15, 0.2) is 12.2 Å². The van der Waals surface area contributed by atoms with Gasteiger partial charge < -0.3 is 33.8 Å². The van der Waals surface area contributed by atoms with Crippen LogP contribution in [-0.4, -0.2) is 96.7 Å². The molecule has 0 aliphatic rings. The van der Waals surface area contributed by atoms with E-state index in [9.17, 15) is 43.2 Å². The van der Waals surface area contributed by atoms with Crippen molar-refractivity contribution in [2.24, 2.45) is 11.8 Å². The van der Waals surface area contributed by atoms with Crippen molar-refractivity contribution in [1.29, 1.82) is 0 Å². The summed E-state index contributed by atoms with van der Waals surface area (Å²) in [5.41, 5.74) is 0. The summed E-state index contributed by atoms with van der Waals surface area (Å²) in [4.78, 5) is 72.7. The van der Waals surface area contributed by atoms with Crippen molar-refractivity contribution in [3.8, 4) is 0 Å². The van der Waals surface area contributed by atoms with Crippen LogP contribution >= 0.6 is 15.6 Å². The number of hydrogen-bond donors (Lipinski definition) is 3. The summed E-state index contributed by atoms with van der Waals surface area (Å²) in [5.74, 6) is -0.588. The molecule has 0 aromatic rings. The molecule has 0 aliphatic heterocycles. The Hall–Kier alpha value is -1.94. The minimum absolute atomic E-state index is 0.106. The Bertz CT molecular complexity index is 1800. The zero-order valence-electron chi connectivity index (χ0n) is 60.6. The van der Waals surface area contributed by atoms with Gasteiger partial charge in [-0.2, -0.15) is 0 Å². The van der Waals surface area contributed by atoms with Gasteiger partial charge >= 0.3 is 39.5 Å². The van der Waals surface area contributed by atoms with Crippen molar-refractivity contribution >= 4 is 39.5 Å². The van der Waals surface area contributed by atoms with Gasteiger partial charge in [0.2, 0.25) is 0 Å². The van der Waals surface area contributed by atoms with Crippen molar-refractivity contribution in [3.05, 3.63) is 0 Å². The summed E-state index contributed by atoms with van der Waals surface area (Å²) in [6, 6.07) is 0. The van der Waals surface area contributed by atoms with Crippen LogP contribution in [-0.2, 0) is 65.4 Å². The molecule has 17 nitrogen and oxygen atoms in total. The minimum Gasteiger partial charge on any atom is -0.462 e. The normalized spacial score (nSPS) is 14.1. The van der Waals surface area contributed by atoms with Gasteiger partial charge in [-0.25, -0.2) is 9.13 Å². The fourth-order valence-electron chi connectivity index (χ4n) is 11.3. The Balaban J connectivity index is 5.25. The summed E-state index contributed by atoms with van der Waals surface area (Å²) in [6.07, 6.45) is 52.6. The van der Waals surface area contributed by atoms with E-state index in [0.29, 0.717) is 25.7 Å². The Kier molecular flexibility index (Phi) is 64.6. The highest BCUT2D eigenvalue weighted by Crippen LogP contribution is 2.45. The van der Waals surface area contributed by atoms with Crippen LogP contribution in [0.15, 0.2) is 0 Å². The van der Waals surface area contributed by atoms with Crippen LogP contribution in [0.4, 0.5) is 0 Å². The molecule has 0 bridgehead atoms. The lowest BCUT2D eigenvalue weighted by Crippen LogP contribution is -2.30. The number of ether oxygens (including phenoxy) is 4. The molecular formula is C74H144O17P2. The summed E-state index contributed by atoms with van der Waals surface area (Å²) >= 11 is 0. The van der Waals surface area contributed by atoms with Crippen molar-refractivity contribution in [3.63, 3.8) is 0 Å². The molecule has 93 heavy (non-hydrogen) atoms. The average Bonchev–Trinajstić information content (AvgIpc) is 3.68. The van der Waals surface area contributed by atoms with E-state index in [2.05, 4.69) is 41.5 Å². The van der Waals surface area contributed by atoms with Gasteiger partial charge in [-0.15, -0.1) is 0 Å². The first kappa shape index (κ1) is 91.1. The number of rotatable bonds is 73. The molecule has 0 spiro atoms. The Morgan fingerprint density at radius 1 is 0.290 bits per heavy atom. The second kappa shape index (κ2) is 66.0. The molecule has 0 saturated heterocycles. The standard InChI is InChI=1S/C74H144O17P2/c1-7-9-11-13-15-17-19-20-21-22-26-33-39-45-51-57-72(77)85-63-70(90-73(78)58-52-46-40-34-27-24-23-25-30-36-42-48-54-66(3)4)65-89-93(82,83)87-61-68(75)60-86-92(80,81)88-64-69(62-84-71(76)56-50-44-38-32-18-16-14-12-10-8-2)91-74(79)59-53-47-41-35-29-28-31-37-43-49-55-67(5)6/h66-70,75H,7-65H2,1-6H3,(H,80,81)(H,82,83)/t68-,69+,70+/m0/s1. The predicted octanol–water partition coefficient (Wildman–Crippen LogP) is 21.6. The zero-order chi connectivity index (χ0) is 68.6. The second-order valence-corrected chi connectivity index (χ2v) is 30.5. The largest absolute Gasteiger partial charge is 0.472 e. The van der Waals surface area contributed by atoms with Crippen LogP contribution in [0.2, 0.25) is 0 Å². The Morgan fingerprint density at radius 3 is 0.731 bits per heavy atom. The van der Waals surface area contributed by atoms with Crippen LogP contribution < -0.4 is 0 Å². The number of phosphoric acid groups is 2. The Labute approximate surface area is 568 Å². The predicted molar refractivity (Wildman–Crippen MR) is 377 cm³/mol. The molecule has 0 fully saturated rings. The third-order valence-corrected chi connectivity index (χ3v) is 19.1. The Morgan fingerprint density at radius 2 is 0.495 bits per heavy atom. The number of phosphoric ester groups is 2. The van der Waals surface area contributed by atoms with Gasteiger partial charge in [0.25, 0.3) is 0 Å². The van der Waals surface area contributed by atoms with Crippen LogP contribution in [0, 0.1) is 11.8 Å². The van der Waals surface area contributed by atoms with Gasteiger partial charge in [0.05, 0.1) is 26.4 Å². The molecule has 0 radical (unpaired) electrons. The first-order valence-electron chi connectivity index (χ1n) is 38.5. The van der Waals surface area contributed by atoms with E-state index in [1.54, 1.807) is 0 Å².